The molecule has 0 radical (unpaired) electrons. The predicted octanol–water partition coefficient (Wildman–Crippen LogP) is 1.82. The summed E-state index contributed by atoms with van der Waals surface area (Å²) < 4.78 is 0. The van der Waals surface area contributed by atoms with E-state index < -0.39 is 5.60 Å². The SMILES string of the molecule is CN(Cc1ccncc1)CC1(O)CCCC1. The van der Waals surface area contributed by atoms with Crippen LogP contribution in [-0.2, 0) is 6.54 Å². The molecule has 0 bridgehead atoms. The monoisotopic (exact) mass is 220 g/mol. The van der Waals surface area contributed by atoms with E-state index in [2.05, 4.69) is 16.9 Å². The van der Waals surface area contributed by atoms with Gasteiger partial charge in [-0.1, -0.05) is 12.8 Å². The minimum atomic E-state index is -0.443. The van der Waals surface area contributed by atoms with Crippen molar-refractivity contribution in [2.45, 2.75) is 37.8 Å². The summed E-state index contributed by atoms with van der Waals surface area (Å²) in [6.45, 7) is 1.65. The second-order valence-electron chi connectivity index (χ2n) is 4.96. The van der Waals surface area contributed by atoms with Crippen molar-refractivity contribution in [3.8, 4) is 0 Å². The zero-order valence-electron chi connectivity index (χ0n) is 9.89. The lowest BCUT2D eigenvalue weighted by Crippen LogP contribution is -2.38. The largest absolute Gasteiger partial charge is 0.389 e. The molecule has 1 fully saturated rings. The maximum Gasteiger partial charge on any atom is 0.0774 e. The highest BCUT2D eigenvalue weighted by atomic mass is 16.3. The van der Waals surface area contributed by atoms with Gasteiger partial charge in [-0.05, 0) is 37.6 Å². The van der Waals surface area contributed by atoms with E-state index in [0.29, 0.717) is 0 Å². The lowest BCUT2D eigenvalue weighted by atomic mass is 10.0. The van der Waals surface area contributed by atoms with Crippen molar-refractivity contribution in [1.82, 2.24) is 9.88 Å². The molecule has 0 saturated heterocycles. The molecule has 1 aliphatic carbocycles. The standard InChI is InChI=1S/C13H20N2O/c1-15(10-12-4-8-14-9-5-12)11-13(16)6-2-3-7-13/h4-5,8-9,16H,2-3,6-7,10-11H2,1H3. The van der Waals surface area contributed by atoms with E-state index in [1.807, 2.05) is 24.5 Å². The van der Waals surface area contributed by atoms with Crippen LogP contribution >= 0.6 is 0 Å². The Bertz CT molecular complexity index is 320. The lowest BCUT2D eigenvalue weighted by Gasteiger charge is -2.28. The number of likely N-dealkylation sites (N-methyl/N-ethyl adjacent to an activating group) is 1. The molecule has 0 aliphatic heterocycles. The third-order valence-corrected chi connectivity index (χ3v) is 3.30. The highest BCUT2D eigenvalue weighted by molar-refractivity contribution is 5.09. The Labute approximate surface area is 97.1 Å². The summed E-state index contributed by atoms with van der Waals surface area (Å²) >= 11 is 0. The summed E-state index contributed by atoms with van der Waals surface area (Å²) in [5.74, 6) is 0. The van der Waals surface area contributed by atoms with Crippen molar-refractivity contribution in [2.75, 3.05) is 13.6 Å². The molecule has 1 aromatic heterocycles. The predicted molar refractivity (Wildman–Crippen MR) is 64.0 cm³/mol. The van der Waals surface area contributed by atoms with Gasteiger partial charge in [0, 0.05) is 25.5 Å². The number of rotatable bonds is 4. The van der Waals surface area contributed by atoms with Crippen LogP contribution in [0.5, 0.6) is 0 Å². The average molecular weight is 220 g/mol. The first-order chi connectivity index (χ1) is 7.68. The molecule has 16 heavy (non-hydrogen) atoms. The van der Waals surface area contributed by atoms with Crippen molar-refractivity contribution in [3.63, 3.8) is 0 Å². The zero-order chi connectivity index (χ0) is 11.4. The molecule has 3 heteroatoms. The first-order valence-electron chi connectivity index (χ1n) is 5.98. The number of pyridine rings is 1. The van der Waals surface area contributed by atoms with Crippen molar-refractivity contribution in [1.29, 1.82) is 0 Å². The number of hydrogen-bond donors (Lipinski definition) is 1. The van der Waals surface area contributed by atoms with E-state index in [1.54, 1.807) is 0 Å². The maximum atomic E-state index is 10.3. The fourth-order valence-electron chi connectivity index (χ4n) is 2.55. The fraction of sp³-hybridized carbons (Fsp3) is 0.615. The van der Waals surface area contributed by atoms with Crippen molar-refractivity contribution >= 4 is 0 Å². The van der Waals surface area contributed by atoms with E-state index >= 15 is 0 Å². The van der Waals surface area contributed by atoms with Gasteiger partial charge in [0.2, 0.25) is 0 Å². The van der Waals surface area contributed by atoms with Gasteiger partial charge in [0.15, 0.2) is 0 Å². The molecular formula is C13H20N2O. The summed E-state index contributed by atoms with van der Waals surface area (Å²) in [6.07, 6.45) is 7.86. The van der Waals surface area contributed by atoms with Crippen LogP contribution in [0.25, 0.3) is 0 Å². The normalized spacial score (nSPS) is 19.2. The van der Waals surface area contributed by atoms with Gasteiger partial charge in [0.1, 0.15) is 0 Å². The second-order valence-corrected chi connectivity index (χ2v) is 4.96. The van der Waals surface area contributed by atoms with Gasteiger partial charge in [0.25, 0.3) is 0 Å². The molecule has 0 aromatic carbocycles. The lowest BCUT2D eigenvalue weighted by molar-refractivity contribution is 0.0145. The molecular weight excluding hydrogens is 200 g/mol. The van der Waals surface area contributed by atoms with E-state index in [0.717, 1.165) is 25.9 Å². The molecule has 88 valence electrons. The molecule has 1 N–H and O–H groups in total. The Kier molecular flexibility index (Phi) is 3.56. The van der Waals surface area contributed by atoms with E-state index in [-0.39, 0.29) is 0 Å². The topological polar surface area (TPSA) is 36.4 Å². The van der Waals surface area contributed by atoms with Crippen LogP contribution < -0.4 is 0 Å². The second kappa shape index (κ2) is 4.93. The van der Waals surface area contributed by atoms with Gasteiger partial charge >= 0.3 is 0 Å². The van der Waals surface area contributed by atoms with Crippen LogP contribution in [0, 0.1) is 0 Å². The maximum absolute atomic E-state index is 10.3. The van der Waals surface area contributed by atoms with Crippen LogP contribution in [-0.4, -0.2) is 34.2 Å². The van der Waals surface area contributed by atoms with Gasteiger partial charge < -0.3 is 5.11 Å². The smallest absolute Gasteiger partial charge is 0.0774 e. The van der Waals surface area contributed by atoms with Crippen molar-refractivity contribution in [3.05, 3.63) is 30.1 Å². The Morgan fingerprint density at radius 2 is 1.94 bits per heavy atom. The highest BCUT2D eigenvalue weighted by Crippen LogP contribution is 2.30. The fourth-order valence-corrected chi connectivity index (χ4v) is 2.55. The summed E-state index contributed by atoms with van der Waals surface area (Å²) in [7, 11) is 2.07. The van der Waals surface area contributed by atoms with Crippen LogP contribution in [0.1, 0.15) is 31.2 Å². The van der Waals surface area contributed by atoms with Crippen LogP contribution in [0.2, 0.25) is 0 Å². The Hall–Kier alpha value is -0.930. The average Bonchev–Trinajstić information content (AvgIpc) is 2.66. The number of nitrogens with zero attached hydrogens (tertiary/aromatic N) is 2. The zero-order valence-corrected chi connectivity index (χ0v) is 9.89. The van der Waals surface area contributed by atoms with Crippen LogP contribution in [0.4, 0.5) is 0 Å². The van der Waals surface area contributed by atoms with E-state index in [9.17, 15) is 5.11 Å². The van der Waals surface area contributed by atoms with Crippen molar-refractivity contribution in [2.24, 2.45) is 0 Å². The molecule has 1 aliphatic rings. The third-order valence-electron chi connectivity index (χ3n) is 3.30. The molecule has 0 unspecified atom stereocenters. The van der Waals surface area contributed by atoms with E-state index in [4.69, 9.17) is 0 Å². The number of aliphatic hydroxyl groups is 1. The molecule has 1 heterocycles. The molecule has 3 nitrogen and oxygen atoms in total. The summed E-state index contributed by atoms with van der Waals surface area (Å²) in [6, 6.07) is 4.05. The van der Waals surface area contributed by atoms with Gasteiger partial charge in [-0.2, -0.15) is 0 Å². The Morgan fingerprint density at radius 3 is 2.56 bits per heavy atom. The summed E-state index contributed by atoms with van der Waals surface area (Å²) in [5, 5.41) is 10.3. The Balaban J connectivity index is 1.86. The quantitative estimate of drug-likeness (QED) is 0.841. The van der Waals surface area contributed by atoms with Gasteiger partial charge in [-0.25, -0.2) is 0 Å². The van der Waals surface area contributed by atoms with Crippen LogP contribution in [0.3, 0.4) is 0 Å². The van der Waals surface area contributed by atoms with E-state index in [1.165, 1.54) is 18.4 Å². The molecule has 0 spiro atoms. The molecule has 1 aromatic rings. The molecule has 2 rings (SSSR count). The number of hydrogen-bond acceptors (Lipinski definition) is 3. The van der Waals surface area contributed by atoms with Crippen molar-refractivity contribution < 1.29 is 5.11 Å². The van der Waals surface area contributed by atoms with Crippen LogP contribution in [0.15, 0.2) is 24.5 Å². The first-order valence-corrected chi connectivity index (χ1v) is 5.98. The van der Waals surface area contributed by atoms with Gasteiger partial charge in [0.05, 0.1) is 5.60 Å². The summed E-state index contributed by atoms with van der Waals surface area (Å²) in [4.78, 5) is 6.20. The molecule has 0 atom stereocenters. The molecule has 0 amide bonds. The van der Waals surface area contributed by atoms with Gasteiger partial charge in [-0.15, -0.1) is 0 Å². The Morgan fingerprint density at radius 1 is 1.31 bits per heavy atom. The molecule has 1 saturated carbocycles. The third kappa shape index (κ3) is 3.03. The summed E-state index contributed by atoms with van der Waals surface area (Å²) in [5.41, 5.74) is 0.806. The minimum absolute atomic E-state index is 0.443. The first kappa shape index (κ1) is 11.6. The number of aromatic nitrogens is 1. The van der Waals surface area contributed by atoms with Gasteiger partial charge in [-0.3, -0.25) is 9.88 Å². The minimum Gasteiger partial charge on any atom is -0.389 e. The highest BCUT2D eigenvalue weighted by Gasteiger charge is 2.31.